The lowest BCUT2D eigenvalue weighted by Crippen LogP contribution is -2.32. The Morgan fingerprint density at radius 1 is 1.29 bits per heavy atom. The van der Waals surface area contributed by atoms with E-state index in [4.69, 9.17) is 5.73 Å². The van der Waals surface area contributed by atoms with Crippen LogP contribution in [0.2, 0.25) is 0 Å². The molecule has 21 heavy (non-hydrogen) atoms. The van der Waals surface area contributed by atoms with Gasteiger partial charge in [-0.3, -0.25) is 4.79 Å². The first kappa shape index (κ1) is 15.8. The normalized spacial score (nSPS) is 22.9. The van der Waals surface area contributed by atoms with E-state index in [0.717, 1.165) is 31.7 Å². The molecule has 2 unspecified atom stereocenters. The van der Waals surface area contributed by atoms with Crippen LogP contribution in [-0.2, 0) is 0 Å². The summed E-state index contributed by atoms with van der Waals surface area (Å²) >= 11 is 0. The first-order valence-electron chi connectivity index (χ1n) is 7.01. The summed E-state index contributed by atoms with van der Waals surface area (Å²) in [4.78, 5) is 12.5. The van der Waals surface area contributed by atoms with Gasteiger partial charge in [-0.2, -0.15) is 0 Å². The van der Waals surface area contributed by atoms with E-state index in [-0.39, 0.29) is 28.9 Å². The molecule has 0 bridgehead atoms. The van der Waals surface area contributed by atoms with Gasteiger partial charge in [0.15, 0.2) is 5.78 Å². The van der Waals surface area contributed by atoms with Gasteiger partial charge in [0.05, 0.1) is 0 Å². The molecule has 1 aromatic carbocycles. The fourth-order valence-electron chi connectivity index (χ4n) is 2.90. The van der Waals surface area contributed by atoms with Crippen LogP contribution in [-0.4, -0.2) is 18.7 Å². The maximum absolute atomic E-state index is 12.5. The number of halogens is 3. The molecule has 2 rings (SSSR count). The molecule has 2 atom stereocenters. The molecular weight excluding hydrogens is 283 g/mol. The number of alkyl halides is 3. The number of carbonyl (C=O) groups excluding carboxylic acids is 1. The predicted octanol–water partition coefficient (Wildman–Crippen LogP) is 3.53. The van der Waals surface area contributed by atoms with Gasteiger partial charge in [0.2, 0.25) is 0 Å². The van der Waals surface area contributed by atoms with Gasteiger partial charge in [-0.15, -0.1) is 13.2 Å². The standard InChI is InChI=1S/C15H18F3NO2/c16-15(17,18)21-12-6-3-5-10(8-12)14(20)13-7-2-1-4-11(13)9-19/h3,5-6,8,11,13H,1-2,4,7,9,19H2. The van der Waals surface area contributed by atoms with Gasteiger partial charge in [-0.25, -0.2) is 0 Å². The van der Waals surface area contributed by atoms with Crippen molar-refractivity contribution >= 4 is 5.78 Å². The minimum absolute atomic E-state index is 0.110. The number of Topliss-reactive ketones (excluding diaryl/α,β-unsaturated/α-hetero) is 1. The number of carbonyl (C=O) groups is 1. The molecule has 116 valence electrons. The summed E-state index contributed by atoms with van der Waals surface area (Å²) in [6.07, 6.45) is -1.13. The minimum atomic E-state index is -4.76. The molecule has 0 aliphatic heterocycles. The van der Waals surface area contributed by atoms with Crippen molar-refractivity contribution in [3.63, 3.8) is 0 Å². The molecule has 1 saturated carbocycles. The van der Waals surface area contributed by atoms with Gasteiger partial charge >= 0.3 is 6.36 Å². The van der Waals surface area contributed by atoms with Gasteiger partial charge in [-0.1, -0.05) is 25.0 Å². The van der Waals surface area contributed by atoms with Crippen LogP contribution < -0.4 is 10.5 Å². The smallest absolute Gasteiger partial charge is 0.406 e. The van der Waals surface area contributed by atoms with E-state index >= 15 is 0 Å². The van der Waals surface area contributed by atoms with E-state index in [9.17, 15) is 18.0 Å². The molecule has 2 N–H and O–H groups in total. The van der Waals surface area contributed by atoms with Crippen LogP contribution in [0.15, 0.2) is 24.3 Å². The molecule has 0 heterocycles. The van der Waals surface area contributed by atoms with Crippen LogP contribution in [0.25, 0.3) is 0 Å². The molecular formula is C15H18F3NO2. The third-order valence-corrected chi connectivity index (χ3v) is 3.90. The average molecular weight is 301 g/mol. The molecule has 0 radical (unpaired) electrons. The van der Waals surface area contributed by atoms with Crippen molar-refractivity contribution in [2.24, 2.45) is 17.6 Å². The molecule has 1 aliphatic carbocycles. The summed E-state index contributed by atoms with van der Waals surface area (Å²) in [6.45, 7) is 0.426. The monoisotopic (exact) mass is 301 g/mol. The average Bonchev–Trinajstić information content (AvgIpc) is 2.45. The zero-order chi connectivity index (χ0) is 15.5. The number of hydrogen-bond donors (Lipinski definition) is 1. The molecule has 6 heteroatoms. The summed E-state index contributed by atoms with van der Waals surface area (Å²) in [5.74, 6) is -0.602. The third kappa shape index (κ3) is 4.20. The quantitative estimate of drug-likeness (QED) is 0.866. The van der Waals surface area contributed by atoms with Gasteiger partial charge in [-0.05, 0) is 37.4 Å². The predicted molar refractivity (Wildman–Crippen MR) is 72.0 cm³/mol. The maximum atomic E-state index is 12.5. The second-order valence-corrected chi connectivity index (χ2v) is 5.33. The highest BCUT2D eigenvalue weighted by atomic mass is 19.4. The Morgan fingerprint density at radius 3 is 2.67 bits per heavy atom. The second-order valence-electron chi connectivity index (χ2n) is 5.33. The number of benzene rings is 1. The first-order valence-corrected chi connectivity index (χ1v) is 7.01. The Bertz CT molecular complexity index is 502. The summed E-state index contributed by atoms with van der Waals surface area (Å²) in [5.41, 5.74) is 5.95. The lowest BCUT2D eigenvalue weighted by molar-refractivity contribution is -0.274. The van der Waals surface area contributed by atoms with Gasteiger partial charge in [0.25, 0.3) is 0 Å². The van der Waals surface area contributed by atoms with E-state index in [1.165, 1.54) is 18.2 Å². The molecule has 1 aliphatic rings. The molecule has 0 aromatic heterocycles. The third-order valence-electron chi connectivity index (χ3n) is 3.90. The second kappa shape index (κ2) is 6.47. The number of hydrogen-bond acceptors (Lipinski definition) is 3. The number of ketones is 1. The molecule has 1 fully saturated rings. The fourth-order valence-corrected chi connectivity index (χ4v) is 2.90. The summed E-state index contributed by atoms with van der Waals surface area (Å²) in [6, 6.07) is 5.26. The van der Waals surface area contributed by atoms with Crippen LogP contribution in [0, 0.1) is 11.8 Å². The minimum Gasteiger partial charge on any atom is -0.406 e. The van der Waals surface area contributed by atoms with E-state index in [1.807, 2.05) is 0 Å². The Balaban J connectivity index is 2.17. The Hall–Kier alpha value is -1.56. The maximum Gasteiger partial charge on any atom is 0.573 e. The first-order chi connectivity index (χ1) is 9.90. The molecule has 0 saturated heterocycles. The van der Waals surface area contributed by atoms with E-state index in [1.54, 1.807) is 0 Å². The topological polar surface area (TPSA) is 52.3 Å². The number of ether oxygens (including phenoxy) is 1. The zero-order valence-electron chi connectivity index (χ0n) is 11.5. The van der Waals surface area contributed by atoms with Crippen molar-refractivity contribution in [3.05, 3.63) is 29.8 Å². The van der Waals surface area contributed by atoms with Crippen LogP contribution in [0.3, 0.4) is 0 Å². The van der Waals surface area contributed by atoms with Crippen molar-refractivity contribution < 1.29 is 22.7 Å². The van der Waals surface area contributed by atoms with Crippen LogP contribution in [0.1, 0.15) is 36.0 Å². The Kier molecular flexibility index (Phi) is 4.88. The highest BCUT2D eigenvalue weighted by molar-refractivity contribution is 5.98. The highest BCUT2D eigenvalue weighted by Crippen LogP contribution is 2.33. The summed E-state index contributed by atoms with van der Waals surface area (Å²) in [7, 11) is 0. The van der Waals surface area contributed by atoms with Crippen molar-refractivity contribution in [3.8, 4) is 5.75 Å². The Labute approximate surface area is 121 Å². The van der Waals surface area contributed by atoms with Crippen molar-refractivity contribution in [1.29, 1.82) is 0 Å². The van der Waals surface area contributed by atoms with Gasteiger partial charge < -0.3 is 10.5 Å². The molecule has 0 spiro atoms. The SMILES string of the molecule is NCC1CCCCC1C(=O)c1cccc(OC(F)(F)F)c1. The fraction of sp³-hybridized carbons (Fsp3) is 0.533. The van der Waals surface area contributed by atoms with Crippen LogP contribution in [0.4, 0.5) is 13.2 Å². The van der Waals surface area contributed by atoms with E-state index in [0.29, 0.717) is 6.54 Å². The lowest BCUT2D eigenvalue weighted by atomic mass is 9.75. The van der Waals surface area contributed by atoms with E-state index < -0.39 is 6.36 Å². The largest absolute Gasteiger partial charge is 0.573 e. The van der Waals surface area contributed by atoms with Crippen molar-refractivity contribution in [1.82, 2.24) is 0 Å². The lowest BCUT2D eigenvalue weighted by Gasteiger charge is -2.29. The van der Waals surface area contributed by atoms with Crippen molar-refractivity contribution in [2.75, 3.05) is 6.54 Å². The molecule has 3 nitrogen and oxygen atoms in total. The Morgan fingerprint density at radius 2 is 2.00 bits per heavy atom. The highest BCUT2D eigenvalue weighted by Gasteiger charge is 2.33. The van der Waals surface area contributed by atoms with E-state index in [2.05, 4.69) is 4.74 Å². The van der Waals surface area contributed by atoms with Gasteiger partial charge in [0, 0.05) is 11.5 Å². The van der Waals surface area contributed by atoms with Crippen molar-refractivity contribution in [2.45, 2.75) is 32.0 Å². The summed E-state index contributed by atoms with van der Waals surface area (Å²) < 4.78 is 40.5. The number of nitrogens with two attached hydrogens (primary N) is 1. The zero-order valence-corrected chi connectivity index (χ0v) is 11.5. The number of rotatable bonds is 4. The molecule has 1 aromatic rings. The van der Waals surface area contributed by atoms with Crippen LogP contribution >= 0.6 is 0 Å². The van der Waals surface area contributed by atoms with Crippen LogP contribution in [0.5, 0.6) is 5.75 Å². The molecule has 0 amide bonds. The summed E-state index contributed by atoms with van der Waals surface area (Å²) in [5, 5.41) is 0. The van der Waals surface area contributed by atoms with Gasteiger partial charge in [0.1, 0.15) is 5.75 Å².